The maximum Gasteiger partial charge on any atom is 0.335 e. The minimum Gasteiger partial charge on any atom is -0.479 e. The number of hydrogen-bond acceptors (Lipinski definition) is 3. The van der Waals surface area contributed by atoms with Crippen molar-refractivity contribution in [3.63, 3.8) is 0 Å². The fraction of sp³-hybridized carbons (Fsp3) is 0.267. The SMILES string of the molecule is Cc1cc(C(O)C(O)C(=O)O)c(C)n1-c1cccc(F)c1. The van der Waals surface area contributed by atoms with E-state index in [1.165, 1.54) is 12.1 Å². The first kappa shape index (κ1) is 15.2. The molecule has 1 heterocycles. The van der Waals surface area contributed by atoms with Crippen molar-refractivity contribution in [2.75, 3.05) is 0 Å². The summed E-state index contributed by atoms with van der Waals surface area (Å²) in [4.78, 5) is 10.8. The van der Waals surface area contributed by atoms with Gasteiger partial charge in [0.1, 0.15) is 11.9 Å². The molecule has 5 nitrogen and oxygen atoms in total. The average Bonchev–Trinajstić information content (AvgIpc) is 2.72. The molecule has 2 rings (SSSR count). The van der Waals surface area contributed by atoms with Crippen LogP contribution < -0.4 is 0 Å². The van der Waals surface area contributed by atoms with Gasteiger partial charge in [-0.05, 0) is 38.1 Å². The predicted molar refractivity (Wildman–Crippen MR) is 73.8 cm³/mol. The van der Waals surface area contributed by atoms with Gasteiger partial charge in [0.25, 0.3) is 0 Å². The largest absolute Gasteiger partial charge is 0.479 e. The third-order valence-electron chi connectivity index (χ3n) is 3.41. The Morgan fingerprint density at radius 1 is 1.24 bits per heavy atom. The normalized spacial score (nSPS) is 14.0. The molecule has 6 heteroatoms. The number of benzene rings is 1. The van der Waals surface area contributed by atoms with Crippen LogP contribution in [0.15, 0.2) is 30.3 Å². The molecule has 0 saturated carbocycles. The van der Waals surface area contributed by atoms with Crippen molar-refractivity contribution in [1.29, 1.82) is 0 Å². The minimum atomic E-state index is -1.91. The van der Waals surface area contributed by atoms with Crippen LogP contribution in [0.25, 0.3) is 5.69 Å². The Kier molecular flexibility index (Phi) is 4.11. The van der Waals surface area contributed by atoms with Gasteiger partial charge in [0.2, 0.25) is 0 Å². The number of halogens is 1. The number of aliphatic hydroxyl groups is 2. The molecular formula is C15H16FNO4. The van der Waals surface area contributed by atoms with E-state index in [1.54, 1.807) is 36.6 Å². The van der Waals surface area contributed by atoms with E-state index in [4.69, 9.17) is 5.11 Å². The zero-order valence-electron chi connectivity index (χ0n) is 11.6. The first-order valence-electron chi connectivity index (χ1n) is 6.36. The van der Waals surface area contributed by atoms with Crippen LogP contribution in [-0.4, -0.2) is 32.0 Å². The molecular weight excluding hydrogens is 277 g/mol. The van der Waals surface area contributed by atoms with Crippen molar-refractivity contribution in [1.82, 2.24) is 4.57 Å². The van der Waals surface area contributed by atoms with E-state index in [1.807, 2.05) is 0 Å². The van der Waals surface area contributed by atoms with Crippen molar-refractivity contribution in [2.45, 2.75) is 26.1 Å². The summed E-state index contributed by atoms with van der Waals surface area (Å²) < 4.78 is 15.0. The lowest BCUT2D eigenvalue weighted by molar-refractivity contribution is -0.153. The molecule has 0 fully saturated rings. The van der Waals surface area contributed by atoms with Gasteiger partial charge in [-0.15, -0.1) is 0 Å². The summed E-state index contributed by atoms with van der Waals surface area (Å²) >= 11 is 0. The number of carbonyl (C=O) groups is 1. The van der Waals surface area contributed by atoms with Crippen LogP contribution in [0.1, 0.15) is 23.1 Å². The number of aliphatic hydroxyl groups excluding tert-OH is 2. The van der Waals surface area contributed by atoms with Crippen LogP contribution in [0.5, 0.6) is 0 Å². The highest BCUT2D eigenvalue weighted by atomic mass is 19.1. The van der Waals surface area contributed by atoms with Crippen LogP contribution in [-0.2, 0) is 4.79 Å². The van der Waals surface area contributed by atoms with Gasteiger partial charge >= 0.3 is 5.97 Å². The highest BCUT2D eigenvalue weighted by molar-refractivity contribution is 5.73. The number of carboxylic acid groups (broad SMARTS) is 1. The molecule has 112 valence electrons. The quantitative estimate of drug-likeness (QED) is 0.801. The Hall–Kier alpha value is -2.18. The predicted octanol–water partition coefficient (Wildman–Crippen LogP) is 1.71. The standard InChI is InChI=1S/C15H16FNO4/c1-8-6-12(13(18)14(19)15(20)21)9(2)17(8)11-5-3-4-10(16)7-11/h3-7,13-14,18-19H,1-2H3,(H,20,21). The molecule has 2 aromatic rings. The molecule has 21 heavy (non-hydrogen) atoms. The minimum absolute atomic E-state index is 0.298. The van der Waals surface area contributed by atoms with Crippen LogP contribution in [0, 0.1) is 19.7 Å². The van der Waals surface area contributed by atoms with E-state index in [-0.39, 0.29) is 0 Å². The summed E-state index contributed by atoms with van der Waals surface area (Å²) in [6.45, 7) is 3.42. The van der Waals surface area contributed by atoms with Crippen molar-refractivity contribution in [3.8, 4) is 5.69 Å². The highest BCUT2D eigenvalue weighted by Crippen LogP contribution is 2.27. The van der Waals surface area contributed by atoms with E-state index in [2.05, 4.69) is 0 Å². The van der Waals surface area contributed by atoms with Crippen LogP contribution in [0.2, 0.25) is 0 Å². The zero-order valence-corrected chi connectivity index (χ0v) is 11.6. The van der Waals surface area contributed by atoms with Gasteiger partial charge in [-0.25, -0.2) is 9.18 Å². The molecule has 0 aliphatic rings. The zero-order chi connectivity index (χ0) is 15.7. The summed E-state index contributed by atoms with van der Waals surface area (Å²) in [5.41, 5.74) is 2.11. The summed E-state index contributed by atoms with van der Waals surface area (Å²) in [6, 6.07) is 7.50. The molecule has 1 aromatic carbocycles. The van der Waals surface area contributed by atoms with E-state index >= 15 is 0 Å². The second kappa shape index (κ2) is 5.67. The molecule has 3 N–H and O–H groups in total. The van der Waals surface area contributed by atoms with E-state index < -0.39 is 24.0 Å². The Morgan fingerprint density at radius 3 is 2.48 bits per heavy atom. The Labute approximate surface area is 120 Å². The van der Waals surface area contributed by atoms with Crippen molar-refractivity contribution >= 4 is 5.97 Å². The van der Waals surface area contributed by atoms with E-state index in [9.17, 15) is 19.4 Å². The number of nitrogens with zero attached hydrogens (tertiary/aromatic N) is 1. The molecule has 0 aliphatic carbocycles. The van der Waals surface area contributed by atoms with Crippen LogP contribution in [0.4, 0.5) is 4.39 Å². The van der Waals surface area contributed by atoms with Gasteiger partial charge in [0.15, 0.2) is 6.10 Å². The molecule has 1 aromatic heterocycles. The summed E-state index contributed by atoms with van der Waals surface area (Å²) in [7, 11) is 0. The topological polar surface area (TPSA) is 82.7 Å². The van der Waals surface area contributed by atoms with Gasteiger partial charge in [-0.1, -0.05) is 6.07 Å². The fourth-order valence-corrected chi connectivity index (χ4v) is 2.40. The Balaban J connectivity index is 2.50. The van der Waals surface area contributed by atoms with Gasteiger partial charge in [-0.3, -0.25) is 0 Å². The second-order valence-corrected chi connectivity index (χ2v) is 4.87. The van der Waals surface area contributed by atoms with Gasteiger partial charge < -0.3 is 19.9 Å². The summed E-state index contributed by atoms with van der Waals surface area (Å²) in [6.07, 6.45) is -3.46. The second-order valence-electron chi connectivity index (χ2n) is 4.87. The first-order valence-corrected chi connectivity index (χ1v) is 6.36. The average molecular weight is 293 g/mol. The van der Waals surface area contributed by atoms with E-state index in [0.29, 0.717) is 22.6 Å². The molecule has 0 spiro atoms. The van der Waals surface area contributed by atoms with Gasteiger partial charge in [0.05, 0.1) is 0 Å². The highest BCUT2D eigenvalue weighted by Gasteiger charge is 2.28. The molecule has 2 atom stereocenters. The molecule has 0 aliphatic heterocycles. The first-order chi connectivity index (χ1) is 9.82. The van der Waals surface area contributed by atoms with Crippen molar-refractivity contribution in [2.24, 2.45) is 0 Å². The Bertz CT molecular complexity index is 680. The maximum atomic E-state index is 13.3. The Morgan fingerprint density at radius 2 is 1.90 bits per heavy atom. The van der Waals surface area contributed by atoms with Gasteiger partial charge in [0, 0.05) is 22.6 Å². The lowest BCUT2D eigenvalue weighted by Gasteiger charge is -2.15. The number of aliphatic carboxylic acids is 1. The van der Waals surface area contributed by atoms with Gasteiger partial charge in [-0.2, -0.15) is 0 Å². The van der Waals surface area contributed by atoms with E-state index in [0.717, 1.165) is 0 Å². The smallest absolute Gasteiger partial charge is 0.335 e. The summed E-state index contributed by atoms with van der Waals surface area (Å²) in [5, 5.41) is 28.2. The van der Waals surface area contributed by atoms with Crippen LogP contribution in [0.3, 0.4) is 0 Å². The molecule has 0 saturated heterocycles. The lowest BCUT2D eigenvalue weighted by atomic mass is 10.1. The number of carboxylic acids is 1. The molecule has 2 unspecified atom stereocenters. The number of hydrogen-bond donors (Lipinski definition) is 3. The molecule has 0 radical (unpaired) electrons. The lowest BCUT2D eigenvalue weighted by Crippen LogP contribution is -2.27. The molecule has 0 amide bonds. The fourth-order valence-electron chi connectivity index (χ4n) is 2.40. The number of aromatic nitrogens is 1. The molecule has 0 bridgehead atoms. The maximum absolute atomic E-state index is 13.3. The third kappa shape index (κ3) is 2.81. The van der Waals surface area contributed by atoms with Crippen LogP contribution >= 0.6 is 0 Å². The monoisotopic (exact) mass is 293 g/mol. The number of rotatable bonds is 4. The summed E-state index contributed by atoms with van der Waals surface area (Å²) in [5.74, 6) is -1.90. The third-order valence-corrected chi connectivity index (χ3v) is 3.41. The van der Waals surface area contributed by atoms with Crippen molar-refractivity contribution < 1.29 is 24.5 Å². The van der Waals surface area contributed by atoms with Crippen molar-refractivity contribution in [3.05, 3.63) is 53.1 Å². The number of aryl methyl sites for hydroxylation is 1.